The smallest absolute Gasteiger partial charge is 0.270 e. The third kappa shape index (κ3) is 5.60. The van der Waals surface area contributed by atoms with Crippen LogP contribution in [0.5, 0.6) is 11.5 Å². The number of nitrogens with one attached hydrogen (secondary N) is 1. The van der Waals surface area contributed by atoms with Crippen LogP contribution in [0.4, 0.5) is 5.69 Å². The van der Waals surface area contributed by atoms with Crippen molar-refractivity contribution in [1.82, 2.24) is 10.3 Å². The van der Waals surface area contributed by atoms with Crippen molar-refractivity contribution in [3.05, 3.63) is 70.2 Å². The quantitative estimate of drug-likeness (QED) is 0.470. The molecule has 2 amide bonds. The molecule has 1 aliphatic rings. The molecule has 1 aromatic heterocycles. The maximum Gasteiger partial charge on any atom is 0.270 e. The van der Waals surface area contributed by atoms with E-state index < -0.39 is 0 Å². The number of nitrogens with zero attached hydrogens (tertiary/aromatic N) is 2. The fourth-order valence-electron chi connectivity index (χ4n) is 3.31. The van der Waals surface area contributed by atoms with E-state index in [2.05, 4.69) is 10.3 Å². The summed E-state index contributed by atoms with van der Waals surface area (Å²) in [5, 5.41) is 5.13. The summed E-state index contributed by atoms with van der Waals surface area (Å²) in [7, 11) is 0. The third-order valence-electron chi connectivity index (χ3n) is 5.09. The van der Waals surface area contributed by atoms with Crippen LogP contribution in [0.25, 0.3) is 0 Å². The Balaban J connectivity index is 1.48. The van der Waals surface area contributed by atoms with Crippen LogP contribution in [0.2, 0.25) is 0 Å². The van der Waals surface area contributed by atoms with Crippen LogP contribution in [-0.2, 0) is 11.3 Å². The number of anilines is 1. The predicted octanol–water partition coefficient (Wildman–Crippen LogP) is 3.72. The van der Waals surface area contributed by atoms with Crippen molar-refractivity contribution in [2.75, 3.05) is 24.7 Å². The van der Waals surface area contributed by atoms with Gasteiger partial charge in [-0.25, -0.2) is 4.98 Å². The number of aromatic nitrogens is 1. The van der Waals surface area contributed by atoms with Gasteiger partial charge in [0, 0.05) is 17.5 Å². The SMILES string of the molecule is CC(C)CNC(=O)c1csc(CN2C(=O)COc3ccc(C(=O)COc4ccccc4)cc32)n1. The Morgan fingerprint density at radius 3 is 2.76 bits per heavy atom. The van der Waals surface area contributed by atoms with E-state index in [0.29, 0.717) is 45.9 Å². The second-order valence-corrected chi connectivity index (χ2v) is 9.15. The number of fused-ring (bicyclic) bond motifs is 1. The summed E-state index contributed by atoms with van der Waals surface area (Å²) in [5.41, 5.74) is 1.22. The summed E-state index contributed by atoms with van der Waals surface area (Å²) in [5.74, 6) is 0.731. The van der Waals surface area contributed by atoms with Gasteiger partial charge in [0.05, 0.1) is 12.2 Å². The highest BCUT2D eigenvalue weighted by molar-refractivity contribution is 7.09. The number of benzene rings is 2. The van der Waals surface area contributed by atoms with E-state index in [1.165, 1.54) is 16.2 Å². The number of hydrogen-bond acceptors (Lipinski definition) is 7. The van der Waals surface area contributed by atoms with Crippen molar-refractivity contribution in [3.8, 4) is 11.5 Å². The molecule has 0 fully saturated rings. The number of ketones is 1. The van der Waals surface area contributed by atoms with E-state index >= 15 is 0 Å². The van der Waals surface area contributed by atoms with Gasteiger partial charge in [-0.15, -0.1) is 11.3 Å². The van der Waals surface area contributed by atoms with Crippen molar-refractivity contribution < 1.29 is 23.9 Å². The molecule has 176 valence electrons. The first-order valence-corrected chi connectivity index (χ1v) is 11.8. The second-order valence-electron chi connectivity index (χ2n) is 8.21. The van der Waals surface area contributed by atoms with Gasteiger partial charge in [0.1, 0.15) is 22.2 Å². The molecule has 8 nitrogen and oxygen atoms in total. The first-order valence-electron chi connectivity index (χ1n) is 10.9. The van der Waals surface area contributed by atoms with Crippen molar-refractivity contribution in [2.45, 2.75) is 20.4 Å². The minimum Gasteiger partial charge on any atom is -0.485 e. The lowest BCUT2D eigenvalue weighted by Crippen LogP contribution is -2.38. The average molecular weight is 480 g/mol. The Morgan fingerprint density at radius 1 is 1.21 bits per heavy atom. The Morgan fingerprint density at radius 2 is 2.00 bits per heavy atom. The number of thiazole rings is 1. The van der Waals surface area contributed by atoms with E-state index in [0.717, 1.165) is 0 Å². The molecule has 0 atom stereocenters. The molecule has 2 aromatic carbocycles. The maximum atomic E-state index is 12.7. The summed E-state index contributed by atoms with van der Waals surface area (Å²) in [6.07, 6.45) is 0. The Bertz CT molecular complexity index is 1190. The molecule has 1 N–H and O–H groups in total. The van der Waals surface area contributed by atoms with Gasteiger partial charge in [0.25, 0.3) is 11.8 Å². The van der Waals surface area contributed by atoms with Crippen LogP contribution in [0.15, 0.2) is 53.9 Å². The Kier molecular flexibility index (Phi) is 7.22. The average Bonchev–Trinajstić information content (AvgIpc) is 3.32. The highest BCUT2D eigenvalue weighted by Crippen LogP contribution is 2.34. The number of carbonyl (C=O) groups excluding carboxylic acids is 3. The molecule has 9 heteroatoms. The van der Waals surface area contributed by atoms with Gasteiger partial charge >= 0.3 is 0 Å². The molecule has 0 bridgehead atoms. The molecule has 0 unspecified atom stereocenters. The first-order chi connectivity index (χ1) is 16.4. The molecule has 1 aliphatic heterocycles. The predicted molar refractivity (Wildman–Crippen MR) is 129 cm³/mol. The van der Waals surface area contributed by atoms with Crippen LogP contribution in [-0.4, -0.2) is 42.3 Å². The van der Waals surface area contributed by atoms with Gasteiger partial charge < -0.3 is 14.8 Å². The van der Waals surface area contributed by atoms with Crippen LogP contribution < -0.4 is 19.7 Å². The summed E-state index contributed by atoms with van der Waals surface area (Å²) in [6.45, 7) is 4.53. The van der Waals surface area contributed by atoms with Crippen LogP contribution in [0.1, 0.15) is 39.7 Å². The largest absolute Gasteiger partial charge is 0.485 e. The van der Waals surface area contributed by atoms with E-state index in [1.807, 2.05) is 32.0 Å². The molecule has 0 saturated carbocycles. The van der Waals surface area contributed by atoms with Gasteiger partial charge in [-0.3, -0.25) is 19.3 Å². The molecule has 34 heavy (non-hydrogen) atoms. The molecule has 0 aliphatic carbocycles. The lowest BCUT2D eigenvalue weighted by molar-refractivity contribution is -0.121. The number of carbonyl (C=O) groups is 3. The summed E-state index contributed by atoms with van der Waals surface area (Å²) < 4.78 is 11.1. The van der Waals surface area contributed by atoms with Gasteiger partial charge in [0.2, 0.25) is 0 Å². The topological polar surface area (TPSA) is 97.8 Å². The molecule has 0 spiro atoms. The fourth-order valence-corrected chi connectivity index (χ4v) is 4.07. The summed E-state index contributed by atoms with van der Waals surface area (Å²) >= 11 is 1.31. The minimum absolute atomic E-state index is 0.107. The number of rotatable bonds is 9. The summed E-state index contributed by atoms with van der Waals surface area (Å²) in [4.78, 5) is 43.6. The molecular formula is C25H25N3O5S. The number of para-hydroxylation sites is 1. The minimum atomic E-state index is -0.251. The molecule has 0 radical (unpaired) electrons. The van der Waals surface area contributed by atoms with Gasteiger partial charge in [-0.1, -0.05) is 32.0 Å². The van der Waals surface area contributed by atoms with Crippen molar-refractivity contribution in [3.63, 3.8) is 0 Å². The lowest BCUT2D eigenvalue weighted by Gasteiger charge is -2.29. The molecular weight excluding hydrogens is 454 g/mol. The van der Waals surface area contributed by atoms with E-state index in [1.54, 1.807) is 35.7 Å². The lowest BCUT2D eigenvalue weighted by atomic mass is 10.1. The fraction of sp³-hybridized carbons (Fsp3) is 0.280. The third-order valence-corrected chi connectivity index (χ3v) is 5.92. The summed E-state index contributed by atoms with van der Waals surface area (Å²) in [6, 6.07) is 14.1. The van der Waals surface area contributed by atoms with Crippen molar-refractivity contribution in [2.24, 2.45) is 5.92 Å². The number of amides is 2. The highest BCUT2D eigenvalue weighted by Gasteiger charge is 2.28. The van der Waals surface area contributed by atoms with Crippen molar-refractivity contribution in [1.29, 1.82) is 0 Å². The Labute approximate surface area is 201 Å². The number of ether oxygens (including phenoxy) is 2. The first kappa shape index (κ1) is 23.4. The normalized spacial score (nSPS) is 12.8. The van der Waals surface area contributed by atoms with E-state index in [9.17, 15) is 14.4 Å². The van der Waals surface area contributed by atoms with Gasteiger partial charge in [0.15, 0.2) is 19.0 Å². The van der Waals surface area contributed by atoms with E-state index in [4.69, 9.17) is 9.47 Å². The molecule has 2 heterocycles. The standard InChI is InChI=1S/C25H25N3O5S/c1-16(2)11-26-25(31)19-15-34-23(27-19)12-28-20-10-17(8-9-22(20)33-14-24(28)30)21(29)13-32-18-6-4-3-5-7-18/h3-10,15-16H,11-14H2,1-2H3,(H,26,31). The molecule has 3 aromatic rings. The number of hydrogen-bond donors (Lipinski definition) is 1. The van der Waals surface area contributed by atoms with Crippen LogP contribution >= 0.6 is 11.3 Å². The molecule has 0 saturated heterocycles. The molecule has 4 rings (SSSR count). The second kappa shape index (κ2) is 10.5. The monoisotopic (exact) mass is 479 g/mol. The zero-order chi connectivity index (χ0) is 24.1. The van der Waals surface area contributed by atoms with Gasteiger partial charge in [-0.2, -0.15) is 0 Å². The highest BCUT2D eigenvalue weighted by atomic mass is 32.1. The van der Waals surface area contributed by atoms with E-state index in [-0.39, 0.29) is 37.4 Å². The van der Waals surface area contributed by atoms with Gasteiger partial charge in [-0.05, 0) is 36.2 Å². The zero-order valence-corrected chi connectivity index (χ0v) is 19.8. The zero-order valence-electron chi connectivity index (χ0n) is 18.9. The van der Waals surface area contributed by atoms with Crippen molar-refractivity contribution >= 4 is 34.6 Å². The maximum absolute atomic E-state index is 12.7. The Hall–Kier alpha value is -3.72. The number of Topliss-reactive ketones (excluding diaryl/α,β-unsaturated/α-hetero) is 1. The van der Waals surface area contributed by atoms with Crippen LogP contribution in [0.3, 0.4) is 0 Å². The van der Waals surface area contributed by atoms with Crippen LogP contribution in [0, 0.1) is 5.92 Å².